The van der Waals surface area contributed by atoms with Gasteiger partial charge in [-0.2, -0.15) is 0 Å². The standard InChI is InChI=1S/C8H7F2NO2/c9-4-5(10)6-2-1-3-7(11-6)8(12)13/h1-3,5H,4H2,(H,12,13). The number of halogens is 2. The van der Waals surface area contributed by atoms with Crippen molar-refractivity contribution in [1.82, 2.24) is 4.98 Å². The van der Waals surface area contributed by atoms with E-state index >= 15 is 0 Å². The van der Waals surface area contributed by atoms with Crippen molar-refractivity contribution in [3.05, 3.63) is 29.6 Å². The lowest BCUT2D eigenvalue weighted by molar-refractivity contribution is 0.0689. The maximum absolute atomic E-state index is 12.7. The van der Waals surface area contributed by atoms with E-state index in [0.29, 0.717) is 0 Å². The van der Waals surface area contributed by atoms with Crippen LogP contribution in [-0.2, 0) is 0 Å². The van der Waals surface area contributed by atoms with Crippen molar-refractivity contribution < 1.29 is 18.7 Å². The topological polar surface area (TPSA) is 50.2 Å². The van der Waals surface area contributed by atoms with E-state index < -0.39 is 18.8 Å². The van der Waals surface area contributed by atoms with Gasteiger partial charge in [0.2, 0.25) is 0 Å². The van der Waals surface area contributed by atoms with Crippen molar-refractivity contribution in [2.75, 3.05) is 6.67 Å². The summed E-state index contributed by atoms with van der Waals surface area (Å²) in [5, 5.41) is 8.49. The van der Waals surface area contributed by atoms with Gasteiger partial charge in [-0.1, -0.05) is 6.07 Å². The highest BCUT2D eigenvalue weighted by Gasteiger charge is 2.13. The molecule has 0 fully saturated rings. The molecular weight excluding hydrogens is 180 g/mol. The van der Waals surface area contributed by atoms with Gasteiger partial charge in [-0.3, -0.25) is 0 Å². The van der Waals surface area contributed by atoms with Crippen molar-refractivity contribution in [1.29, 1.82) is 0 Å². The number of alkyl halides is 2. The molecule has 0 bridgehead atoms. The first kappa shape index (κ1) is 9.57. The van der Waals surface area contributed by atoms with Gasteiger partial charge in [0.15, 0.2) is 6.17 Å². The number of hydrogen-bond acceptors (Lipinski definition) is 2. The number of rotatable bonds is 3. The third kappa shape index (κ3) is 2.21. The second-order valence-electron chi connectivity index (χ2n) is 2.37. The summed E-state index contributed by atoms with van der Waals surface area (Å²) in [6, 6.07) is 3.79. The first-order valence-electron chi connectivity index (χ1n) is 3.55. The van der Waals surface area contributed by atoms with Crippen LogP contribution in [0.3, 0.4) is 0 Å². The number of pyridine rings is 1. The molecule has 0 radical (unpaired) electrons. The second-order valence-corrected chi connectivity index (χ2v) is 2.37. The molecule has 1 aromatic heterocycles. The minimum atomic E-state index is -1.85. The molecular formula is C8H7F2NO2. The summed E-state index contributed by atoms with van der Waals surface area (Å²) < 4.78 is 24.5. The molecule has 0 aliphatic rings. The lowest BCUT2D eigenvalue weighted by Gasteiger charge is -2.02. The van der Waals surface area contributed by atoms with E-state index in [1.807, 2.05) is 0 Å². The van der Waals surface area contributed by atoms with E-state index in [0.717, 1.165) is 0 Å². The first-order valence-corrected chi connectivity index (χ1v) is 3.55. The van der Waals surface area contributed by atoms with Crippen LogP contribution in [0.5, 0.6) is 0 Å². The average molecular weight is 187 g/mol. The van der Waals surface area contributed by atoms with Crippen molar-refractivity contribution in [2.24, 2.45) is 0 Å². The molecule has 1 aromatic rings. The number of carboxylic acid groups (broad SMARTS) is 1. The van der Waals surface area contributed by atoms with Crippen LogP contribution in [0.2, 0.25) is 0 Å². The fourth-order valence-corrected chi connectivity index (χ4v) is 0.824. The van der Waals surface area contributed by atoms with Gasteiger partial charge in [0.05, 0.1) is 5.69 Å². The van der Waals surface area contributed by atoms with E-state index in [9.17, 15) is 13.6 Å². The molecule has 0 aliphatic heterocycles. The number of carboxylic acids is 1. The van der Waals surface area contributed by atoms with E-state index in [2.05, 4.69) is 4.98 Å². The summed E-state index contributed by atoms with van der Waals surface area (Å²) in [5.74, 6) is -1.26. The maximum Gasteiger partial charge on any atom is 0.354 e. The summed E-state index contributed by atoms with van der Waals surface area (Å²) in [7, 11) is 0. The predicted molar refractivity (Wildman–Crippen MR) is 41.0 cm³/mol. The molecule has 13 heavy (non-hydrogen) atoms. The molecule has 0 saturated carbocycles. The molecule has 1 heterocycles. The van der Waals surface area contributed by atoms with Crippen LogP contribution in [0.15, 0.2) is 18.2 Å². The molecule has 1 rings (SSSR count). The molecule has 0 aromatic carbocycles. The number of aromatic carboxylic acids is 1. The highest BCUT2D eigenvalue weighted by molar-refractivity contribution is 5.85. The molecule has 1 atom stereocenters. The first-order chi connectivity index (χ1) is 6.15. The molecule has 0 spiro atoms. The van der Waals surface area contributed by atoms with Crippen molar-refractivity contribution >= 4 is 5.97 Å². The summed E-state index contributed by atoms with van der Waals surface area (Å²) >= 11 is 0. The summed E-state index contributed by atoms with van der Waals surface area (Å²) in [6.45, 7) is -1.20. The quantitative estimate of drug-likeness (QED) is 0.784. The van der Waals surface area contributed by atoms with Crippen LogP contribution >= 0.6 is 0 Å². The summed E-state index contributed by atoms with van der Waals surface area (Å²) in [6.07, 6.45) is -1.85. The Morgan fingerprint density at radius 1 is 1.62 bits per heavy atom. The van der Waals surface area contributed by atoms with Gasteiger partial charge in [0.1, 0.15) is 12.4 Å². The minimum Gasteiger partial charge on any atom is -0.477 e. The smallest absolute Gasteiger partial charge is 0.354 e. The van der Waals surface area contributed by atoms with Crippen LogP contribution in [-0.4, -0.2) is 22.7 Å². The van der Waals surface area contributed by atoms with E-state index in [1.165, 1.54) is 18.2 Å². The fraction of sp³-hybridized carbons (Fsp3) is 0.250. The fourth-order valence-electron chi connectivity index (χ4n) is 0.824. The van der Waals surface area contributed by atoms with Gasteiger partial charge in [-0.05, 0) is 12.1 Å². The van der Waals surface area contributed by atoms with Crippen molar-refractivity contribution in [3.8, 4) is 0 Å². The Kier molecular flexibility index (Phi) is 2.89. The largest absolute Gasteiger partial charge is 0.477 e. The minimum absolute atomic E-state index is 0.192. The summed E-state index contributed by atoms with van der Waals surface area (Å²) in [4.78, 5) is 13.8. The Morgan fingerprint density at radius 3 is 2.85 bits per heavy atom. The van der Waals surface area contributed by atoms with Crippen LogP contribution in [0.1, 0.15) is 22.4 Å². The number of nitrogens with zero attached hydrogens (tertiary/aromatic N) is 1. The zero-order chi connectivity index (χ0) is 9.84. The molecule has 0 aliphatic carbocycles. The molecule has 5 heteroatoms. The Labute approximate surface area is 73.0 Å². The van der Waals surface area contributed by atoms with Gasteiger partial charge in [-0.25, -0.2) is 18.6 Å². The molecule has 3 nitrogen and oxygen atoms in total. The summed E-state index contributed by atoms with van der Waals surface area (Å²) in [5.41, 5.74) is -0.476. The van der Waals surface area contributed by atoms with Crippen LogP contribution in [0.4, 0.5) is 8.78 Å². The highest BCUT2D eigenvalue weighted by Crippen LogP contribution is 2.15. The predicted octanol–water partition coefficient (Wildman–Crippen LogP) is 1.76. The van der Waals surface area contributed by atoms with Crippen molar-refractivity contribution in [2.45, 2.75) is 6.17 Å². The van der Waals surface area contributed by atoms with Gasteiger partial charge < -0.3 is 5.11 Å². The van der Waals surface area contributed by atoms with E-state index in [4.69, 9.17) is 5.11 Å². The lowest BCUT2D eigenvalue weighted by atomic mass is 10.2. The number of carbonyl (C=O) groups is 1. The molecule has 1 unspecified atom stereocenters. The van der Waals surface area contributed by atoms with Crippen molar-refractivity contribution in [3.63, 3.8) is 0 Å². The molecule has 0 saturated heterocycles. The van der Waals surface area contributed by atoms with Gasteiger partial charge in [0.25, 0.3) is 0 Å². The van der Waals surface area contributed by atoms with Crippen LogP contribution < -0.4 is 0 Å². The Morgan fingerprint density at radius 2 is 2.31 bits per heavy atom. The third-order valence-corrected chi connectivity index (χ3v) is 1.45. The monoisotopic (exact) mass is 187 g/mol. The van der Waals surface area contributed by atoms with E-state index in [1.54, 1.807) is 0 Å². The van der Waals surface area contributed by atoms with Gasteiger partial charge in [-0.15, -0.1) is 0 Å². The SMILES string of the molecule is O=C(O)c1cccc(C(F)CF)n1. The second kappa shape index (κ2) is 3.93. The number of aromatic nitrogens is 1. The highest BCUT2D eigenvalue weighted by atomic mass is 19.2. The average Bonchev–Trinajstić information content (AvgIpc) is 2.17. The third-order valence-electron chi connectivity index (χ3n) is 1.45. The Balaban J connectivity index is 2.98. The molecule has 70 valence electrons. The normalized spacial score (nSPS) is 12.5. The van der Waals surface area contributed by atoms with E-state index in [-0.39, 0.29) is 11.4 Å². The Bertz CT molecular complexity index is 317. The lowest BCUT2D eigenvalue weighted by Crippen LogP contribution is -2.04. The number of hydrogen-bond donors (Lipinski definition) is 1. The van der Waals surface area contributed by atoms with Crippen LogP contribution in [0.25, 0.3) is 0 Å². The zero-order valence-electron chi connectivity index (χ0n) is 6.58. The zero-order valence-corrected chi connectivity index (χ0v) is 6.58. The molecule has 1 N–H and O–H groups in total. The molecule has 0 amide bonds. The Hall–Kier alpha value is -1.52. The van der Waals surface area contributed by atoms with Crippen LogP contribution in [0, 0.1) is 0 Å². The van der Waals surface area contributed by atoms with Gasteiger partial charge in [0, 0.05) is 0 Å². The maximum atomic E-state index is 12.7. The van der Waals surface area contributed by atoms with Gasteiger partial charge >= 0.3 is 5.97 Å².